The predicted octanol–water partition coefficient (Wildman–Crippen LogP) is 7.52. The molecule has 0 amide bonds. The first kappa shape index (κ1) is 33.9. The summed E-state index contributed by atoms with van der Waals surface area (Å²) in [5.74, 6) is -1.41. The van der Waals surface area contributed by atoms with Gasteiger partial charge in [0.1, 0.15) is 11.6 Å². The molecule has 2 aromatic heterocycles. The van der Waals surface area contributed by atoms with Gasteiger partial charge in [-0.2, -0.15) is 0 Å². The molecule has 3 aromatic rings. The lowest BCUT2D eigenvalue weighted by Crippen LogP contribution is -2.42. The molecule has 0 bridgehead atoms. The predicted molar refractivity (Wildman–Crippen MR) is 187 cm³/mol. The molecule has 1 aromatic carbocycles. The van der Waals surface area contributed by atoms with E-state index in [4.69, 9.17) is 14.4 Å². The van der Waals surface area contributed by atoms with Crippen molar-refractivity contribution in [2.24, 2.45) is 5.41 Å². The number of hydrogen-bond donors (Lipinski definition) is 2. The smallest absolute Gasteiger partial charge is 0.251 e. The molecule has 2 saturated heterocycles. The molecule has 0 radical (unpaired) electrons. The highest BCUT2D eigenvalue weighted by atomic mass is 32.2. The van der Waals surface area contributed by atoms with E-state index in [9.17, 15) is 17.2 Å². The van der Waals surface area contributed by atoms with Crippen LogP contribution < -0.4 is 14.5 Å². The summed E-state index contributed by atoms with van der Waals surface area (Å²) in [6, 6.07) is 11.2. The number of H-pyrrole nitrogens is 1. The molecular weight excluding hydrogens is 639 g/mol. The van der Waals surface area contributed by atoms with Crippen molar-refractivity contribution < 1.29 is 21.6 Å². The summed E-state index contributed by atoms with van der Waals surface area (Å²) in [5, 5.41) is 0.000753. The number of halogens is 2. The van der Waals surface area contributed by atoms with E-state index < -0.39 is 24.3 Å². The monoisotopic (exact) mass is 686 g/mol. The van der Waals surface area contributed by atoms with E-state index in [1.165, 1.54) is 12.8 Å². The summed E-state index contributed by atoms with van der Waals surface area (Å²) in [4.78, 5) is 17.2. The Bertz CT molecular complexity index is 1680. The number of anilines is 3. The molecule has 13 heteroatoms. The fourth-order valence-electron chi connectivity index (χ4n) is 6.21. The maximum absolute atomic E-state index is 13.7. The average Bonchev–Trinajstić information content (AvgIpc) is 3.56. The van der Waals surface area contributed by atoms with E-state index in [1.54, 1.807) is 12.3 Å². The Hall–Kier alpha value is -3.03. The molecule has 9 nitrogen and oxygen atoms in total. The minimum absolute atomic E-state index is 0.000753. The molecule has 2 aliphatic heterocycles. The second kappa shape index (κ2) is 12.4. The van der Waals surface area contributed by atoms with E-state index in [-0.39, 0.29) is 43.3 Å². The topological polar surface area (TPSA) is 103 Å². The third-order valence-corrected chi connectivity index (χ3v) is 16.5. The van der Waals surface area contributed by atoms with Crippen LogP contribution in [0.4, 0.5) is 26.0 Å². The first-order valence-electron chi connectivity index (χ1n) is 16.7. The maximum Gasteiger partial charge on any atom is 0.251 e. The standard InChI is InChI=1S/C34H48F2N6O3SSi/c1-32(2,3)47(4,5)45-21-22-46(43,44)40-25-9-10-26(29(23-25)41-17-13-33(11-12-33)14-18-41)31-37-24-28(39-31)27-7-6-8-30(38-27)42-19-15-34(35,36)16-20-42/h6-10,23-24,40H,11-22H2,1-5H3,(H,37,39). The van der Waals surface area contributed by atoms with E-state index in [0.29, 0.717) is 28.4 Å². The van der Waals surface area contributed by atoms with Gasteiger partial charge in [-0.3, -0.25) is 4.72 Å². The van der Waals surface area contributed by atoms with Crippen molar-refractivity contribution in [1.29, 1.82) is 0 Å². The Balaban J connectivity index is 1.22. The average molecular weight is 687 g/mol. The number of sulfonamides is 1. The van der Waals surface area contributed by atoms with Crippen molar-refractivity contribution >= 4 is 35.5 Å². The van der Waals surface area contributed by atoms with Gasteiger partial charge in [0.15, 0.2) is 8.32 Å². The van der Waals surface area contributed by atoms with E-state index >= 15 is 0 Å². The molecule has 4 heterocycles. The van der Waals surface area contributed by atoms with Crippen LogP contribution in [0.2, 0.25) is 18.1 Å². The van der Waals surface area contributed by atoms with Crippen molar-refractivity contribution in [3.05, 3.63) is 42.6 Å². The highest BCUT2D eigenvalue weighted by Crippen LogP contribution is 2.54. The summed E-state index contributed by atoms with van der Waals surface area (Å²) in [6.07, 6.45) is 6.21. The number of nitrogens with one attached hydrogen (secondary N) is 2. The van der Waals surface area contributed by atoms with Gasteiger partial charge in [0.2, 0.25) is 10.0 Å². The Morgan fingerprint density at radius 3 is 2.32 bits per heavy atom. The molecule has 0 unspecified atom stereocenters. The molecule has 3 fully saturated rings. The van der Waals surface area contributed by atoms with Crippen LogP contribution in [0.15, 0.2) is 42.6 Å². The largest absolute Gasteiger partial charge is 0.416 e. The first-order valence-corrected chi connectivity index (χ1v) is 21.3. The van der Waals surface area contributed by atoms with Gasteiger partial charge in [-0.1, -0.05) is 26.8 Å². The molecule has 1 spiro atoms. The van der Waals surface area contributed by atoms with Crippen molar-refractivity contribution in [1.82, 2.24) is 15.0 Å². The number of pyridine rings is 1. The van der Waals surface area contributed by atoms with Crippen LogP contribution in [0.1, 0.15) is 59.3 Å². The van der Waals surface area contributed by atoms with Gasteiger partial charge in [0.05, 0.1) is 29.0 Å². The van der Waals surface area contributed by atoms with E-state index in [2.05, 4.69) is 48.5 Å². The number of aromatic amines is 1. The molecule has 47 heavy (non-hydrogen) atoms. The highest BCUT2D eigenvalue weighted by molar-refractivity contribution is 7.92. The van der Waals surface area contributed by atoms with Crippen LogP contribution in [-0.2, 0) is 14.4 Å². The number of piperidine rings is 2. The van der Waals surface area contributed by atoms with E-state index in [0.717, 1.165) is 42.9 Å². The molecule has 1 aliphatic carbocycles. The van der Waals surface area contributed by atoms with Gasteiger partial charge in [-0.15, -0.1) is 0 Å². The normalized spacial score (nSPS) is 19.6. The van der Waals surface area contributed by atoms with Crippen LogP contribution in [0.3, 0.4) is 0 Å². The van der Waals surface area contributed by atoms with Gasteiger partial charge in [-0.05, 0) is 79.6 Å². The fourth-order valence-corrected chi connectivity index (χ4v) is 8.29. The Morgan fingerprint density at radius 1 is 0.979 bits per heavy atom. The molecule has 2 N–H and O–H groups in total. The maximum atomic E-state index is 13.7. The third kappa shape index (κ3) is 7.83. The lowest BCUT2D eigenvalue weighted by molar-refractivity contribution is -0.0221. The zero-order valence-electron chi connectivity index (χ0n) is 28.2. The molecular formula is C34H48F2N6O3SSi. The van der Waals surface area contributed by atoms with Crippen LogP contribution in [-0.4, -0.2) is 76.1 Å². The van der Waals surface area contributed by atoms with Gasteiger partial charge < -0.3 is 19.2 Å². The number of hydrogen-bond acceptors (Lipinski definition) is 7. The summed E-state index contributed by atoms with van der Waals surface area (Å²) >= 11 is 0. The first-order chi connectivity index (χ1) is 22.0. The molecule has 6 rings (SSSR count). The zero-order chi connectivity index (χ0) is 33.7. The van der Waals surface area contributed by atoms with Crippen LogP contribution in [0.25, 0.3) is 22.8 Å². The number of benzene rings is 1. The Kier molecular flexibility index (Phi) is 8.97. The highest BCUT2D eigenvalue weighted by Gasteiger charge is 2.44. The number of alkyl halides is 2. The van der Waals surface area contributed by atoms with Gasteiger partial charge in [-0.25, -0.2) is 27.2 Å². The van der Waals surface area contributed by atoms with Crippen LogP contribution in [0.5, 0.6) is 0 Å². The number of nitrogens with zero attached hydrogens (tertiary/aromatic N) is 4. The minimum atomic E-state index is -3.64. The summed E-state index contributed by atoms with van der Waals surface area (Å²) in [5.41, 5.74) is 4.20. The van der Waals surface area contributed by atoms with Gasteiger partial charge >= 0.3 is 0 Å². The van der Waals surface area contributed by atoms with Crippen molar-refractivity contribution in [3.8, 4) is 22.8 Å². The SMILES string of the molecule is CC(C)(C)[Si](C)(C)OCCS(=O)(=O)Nc1ccc(-c2ncc(-c3cccc(N4CCC(F)(F)CC4)n3)[nH]2)c(N2CCC3(CC2)CC3)c1. The number of rotatable bonds is 10. The van der Waals surface area contributed by atoms with Crippen molar-refractivity contribution in [3.63, 3.8) is 0 Å². The quantitative estimate of drug-likeness (QED) is 0.213. The second-order valence-electron chi connectivity index (χ2n) is 15.1. The van der Waals surface area contributed by atoms with Crippen LogP contribution >= 0.6 is 0 Å². The zero-order valence-corrected chi connectivity index (χ0v) is 30.0. The van der Waals surface area contributed by atoms with Crippen LogP contribution in [0, 0.1) is 5.41 Å². The third-order valence-electron chi connectivity index (χ3n) is 10.7. The van der Waals surface area contributed by atoms with Crippen molar-refractivity contribution in [2.45, 2.75) is 83.4 Å². The lowest BCUT2D eigenvalue weighted by atomic mass is 9.93. The Morgan fingerprint density at radius 2 is 1.66 bits per heavy atom. The number of imidazole rings is 1. The second-order valence-corrected chi connectivity index (χ2v) is 21.8. The number of aromatic nitrogens is 3. The fraction of sp³-hybridized carbons (Fsp3) is 0.588. The molecule has 1 saturated carbocycles. The summed E-state index contributed by atoms with van der Waals surface area (Å²) in [6.45, 7) is 13.1. The molecule has 0 atom stereocenters. The summed E-state index contributed by atoms with van der Waals surface area (Å²) in [7, 11) is -5.70. The van der Waals surface area contributed by atoms with Crippen molar-refractivity contribution in [2.75, 3.05) is 53.1 Å². The van der Waals surface area contributed by atoms with Gasteiger partial charge in [0.25, 0.3) is 5.92 Å². The molecule has 256 valence electrons. The lowest BCUT2D eigenvalue weighted by Gasteiger charge is -2.36. The summed E-state index contributed by atoms with van der Waals surface area (Å²) < 4.78 is 62.7. The minimum Gasteiger partial charge on any atom is -0.416 e. The molecule has 3 aliphatic rings. The van der Waals surface area contributed by atoms with E-state index in [1.807, 2.05) is 35.2 Å². The Labute approximate surface area is 278 Å². The van der Waals surface area contributed by atoms with Gasteiger partial charge in [0, 0.05) is 56.9 Å².